The molecule has 0 saturated heterocycles. The number of hydrogen-bond acceptors (Lipinski definition) is 4. The molecule has 0 unspecified atom stereocenters. The first-order valence-electron chi connectivity index (χ1n) is 5.66. The number of anilines is 1. The van der Waals surface area contributed by atoms with Crippen molar-refractivity contribution in [2.45, 2.75) is 13.5 Å². The van der Waals surface area contributed by atoms with Gasteiger partial charge >= 0.3 is 0 Å². The molecule has 0 aliphatic heterocycles. The Labute approximate surface area is 97.6 Å². The lowest BCUT2D eigenvalue weighted by molar-refractivity contribution is 0.154. The smallest absolute Gasteiger partial charge is 0.128 e. The van der Waals surface area contributed by atoms with Crippen molar-refractivity contribution in [1.82, 2.24) is 10.3 Å². The van der Waals surface area contributed by atoms with E-state index in [9.17, 15) is 0 Å². The second kappa shape index (κ2) is 7.19. The van der Waals surface area contributed by atoms with Gasteiger partial charge in [-0.2, -0.15) is 0 Å². The monoisotopic (exact) mass is 223 g/mol. The first kappa shape index (κ1) is 12.9. The molecule has 0 bridgehead atoms. The Morgan fingerprint density at radius 2 is 2.31 bits per heavy atom. The van der Waals surface area contributed by atoms with E-state index in [1.165, 1.54) is 5.56 Å². The van der Waals surface area contributed by atoms with Crippen molar-refractivity contribution in [2.24, 2.45) is 0 Å². The van der Waals surface area contributed by atoms with E-state index >= 15 is 0 Å². The van der Waals surface area contributed by atoms with E-state index in [1.807, 2.05) is 33.3 Å². The highest BCUT2D eigenvalue weighted by Gasteiger charge is 2.02. The van der Waals surface area contributed by atoms with Crippen LogP contribution in [0.5, 0.6) is 0 Å². The van der Waals surface area contributed by atoms with Gasteiger partial charge in [0.2, 0.25) is 0 Å². The molecule has 0 aromatic carbocycles. The van der Waals surface area contributed by atoms with Crippen LogP contribution in [0.15, 0.2) is 18.3 Å². The fraction of sp³-hybridized carbons (Fsp3) is 0.583. The average molecular weight is 223 g/mol. The van der Waals surface area contributed by atoms with Crippen LogP contribution in [0.4, 0.5) is 5.82 Å². The molecule has 0 radical (unpaired) electrons. The maximum Gasteiger partial charge on any atom is 0.128 e. The first-order chi connectivity index (χ1) is 7.77. The summed E-state index contributed by atoms with van der Waals surface area (Å²) < 4.78 is 5.32. The van der Waals surface area contributed by atoms with Crippen LogP contribution in [0, 0.1) is 0 Å². The topological polar surface area (TPSA) is 37.4 Å². The van der Waals surface area contributed by atoms with Gasteiger partial charge in [0.05, 0.1) is 6.61 Å². The van der Waals surface area contributed by atoms with Gasteiger partial charge in [-0.05, 0) is 31.7 Å². The third kappa shape index (κ3) is 4.16. The fourth-order valence-electron chi connectivity index (χ4n) is 1.44. The van der Waals surface area contributed by atoms with Crippen LogP contribution < -0.4 is 10.2 Å². The van der Waals surface area contributed by atoms with Crippen LogP contribution in [0.25, 0.3) is 0 Å². The minimum atomic E-state index is 0.741. The number of nitrogens with zero attached hydrogens (tertiary/aromatic N) is 2. The molecule has 0 aliphatic carbocycles. The summed E-state index contributed by atoms with van der Waals surface area (Å²) in [5.74, 6) is 0.993. The molecule has 1 aromatic rings. The molecule has 16 heavy (non-hydrogen) atoms. The summed E-state index contributed by atoms with van der Waals surface area (Å²) in [6.07, 6.45) is 1.85. The molecule has 90 valence electrons. The number of ether oxygens (including phenoxy) is 1. The zero-order chi connectivity index (χ0) is 11.8. The number of likely N-dealkylation sites (N-methyl/N-ethyl adjacent to an activating group) is 1. The van der Waals surface area contributed by atoms with Crippen molar-refractivity contribution in [3.05, 3.63) is 23.9 Å². The van der Waals surface area contributed by atoms with E-state index in [-0.39, 0.29) is 0 Å². The summed E-state index contributed by atoms with van der Waals surface area (Å²) >= 11 is 0. The lowest BCUT2D eigenvalue weighted by atomic mass is 10.2. The van der Waals surface area contributed by atoms with Gasteiger partial charge in [0.15, 0.2) is 0 Å². The minimum absolute atomic E-state index is 0.741. The lowest BCUT2D eigenvalue weighted by Crippen LogP contribution is -2.23. The van der Waals surface area contributed by atoms with E-state index in [2.05, 4.69) is 21.3 Å². The van der Waals surface area contributed by atoms with Gasteiger partial charge in [0, 0.05) is 32.9 Å². The molecule has 0 atom stereocenters. The standard InChI is InChI=1S/C12H21N3O/c1-4-16-8-7-15(3)12-9-11(10-13-2)5-6-14-12/h5-6,9,13H,4,7-8,10H2,1-3H3. The number of rotatable bonds is 7. The van der Waals surface area contributed by atoms with Gasteiger partial charge < -0.3 is 15.0 Å². The molecule has 1 rings (SSSR count). The molecule has 0 spiro atoms. The van der Waals surface area contributed by atoms with Crippen molar-refractivity contribution in [2.75, 3.05) is 38.8 Å². The van der Waals surface area contributed by atoms with Crippen LogP contribution in [-0.2, 0) is 11.3 Å². The van der Waals surface area contributed by atoms with Gasteiger partial charge in [0.25, 0.3) is 0 Å². The number of aromatic nitrogens is 1. The highest BCUT2D eigenvalue weighted by molar-refractivity contribution is 5.39. The highest BCUT2D eigenvalue weighted by Crippen LogP contribution is 2.10. The molecule has 0 aliphatic rings. The van der Waals surface area contributed by atoms with Crippen LogP contribution in [0.1, 0.15) is 12.5 Å². The second-order valence-corrected chi connectivity index (χ2v) is 3.67. The molecule has 0 amide bonds. The second-order valence-electron chi connectivity index (χ2n) is 3.67. The molecule has 4 heteroatoms. The SMILES string of the molecule is CCOCCN(C)c1cc(CNC)ccn1. The van der Waals surface area contributed by atoms with E-state index in [4.69, 9.17) is 4.74 Å². The Hall–Kier alpha value is -1.13. The molecule has 1 aromatic heterocycles. The number of pyridine rings is 1. The first-order valence-corrected chi connectivity index (χ1v) is 5.66. The van der Waals surface area contributed by atoms with E-state index in [1.54, 1.807) is 0 Å². The van der Waals surface area contributed by atoms with Gasteiger partial charge in [-0.1, -0.05) is 0 Å². The van der Waals surface area contributed by atoms with Gasteiger partial charge in [-0.25, -0.2) is 4.98 Å². The summed E-state index contributed by atoms with van der Waals surface area (Å²) in [6.45, 7) is 5.25. The largest absolute Gasteiger partial charge is 0.380 e. The zero-order valence-corrected chi connectivity index (χ0v) is 10.4. The molecule has 4 nitrogen and oxygen atoms in total. The number of hydrogen-bond donors (Lipinski definition) is 1. The Morgan fingerprint density at radius 1 is 1.50 bits per heavy atom. The summed E-state index contributed by atoms with van der Waals surface area (Å²) in [5.41, 5.74) is 1.25. The predicted molar refractivity (Wildman–Crippen MR) is 66.8 cm³/mol. The Balaban J connectivity index is 2.53. The van der Waals surface area contributed by atoms with Crippen LogP contribution in [0.2, 0.25) is 0 Å². The Bertz CT molecular complexity index is 304. The van der Waals surface area contributed by atoms with Crippen LogP contribution in [0.3, 0.4) is 0 Å². The molecular formula is C12H21N3O. The molecule has 0 saturated carbocycles. The van der Waals surface area contributed by atoms with E-state index < -0.39 is 0 Å². The lowest BCUT2D eigenvalue weighted by Gasteiger charge is -2.18. The number of nitrogens with one attached hydrogen (secondary N) is 1. The Kier molecular flexibility index (Phi) is 5.82. The normalized spacial score (nSPS) is 10.4. The summed E-state index contributed by atoms with van der Waals surface area (Å²) in [7, 11) is 3.98. The zero-order valence-electron chi connectivity index (χ0n) is 10.4. The van der Waals surface area contributed by atoms with Crippen molar-refractivity contribution >= 4 is 5.82 Å². The maximum atomic E-state index is 5.32. The van der Waals surface area contributed by atoms with Crippen LogP contribution in [-0.4, -0.2) is 38.8 Å². The molecule has 1 N–H and O–H groups in total. The maximum absolute atomic E-state index is 5.32. The Morgan fingerprint density at radius 3 is 3.00 bits per heavy atom. The van der Waals surface area contributed by atoms with Crippen molar-refractivity contribution < 1.29 is 4.74 Å². The van der Waals surface area contributed by atoms with Crippen molar-refractivity contribution in [3.63, 3.8) is 0 Å². The molecular weight excluding hydrogens is 202 g/mol. The fourth-order valence-corrected chi connectivity index (χ4v) is 1.44. The molecule has 1 heterocycles. The van der Waals surface area contributed by atoms with Gasteiger partial charge in [0.1, 0.15) is 5.82 Å². The minimum Gasteiger partial charge on any atom is -0.380 e. The third-order valence-electron chi connectivity index (χ3n) is 2.36. The third-order valence-corrected chi connectivity index (χ3v) is 2.36. The highest BCUT2D eigenvalue weighted by atomic mass is 16.5. The summed E-state index contributed by atoms with van der Waals surface area (Å²) in [5, 5.41) is 3.13. The molecule has 0 fully saturated rings. The van der Waals surface area contributed by atoms with Crippen molar-refractivity contribution in [1.29, 1.82) is 0 Å². The van der Waals surface area contributed by atoms with Gasteiger partial charge in [-0.15, -0.1) is 0 Å². The van der Waals surface area contributed by atoms with Gasteiger partial charge in [-0.3, -0.25) is 0 Å². The quantitative estimate of drug-likeness (QED) is 0.706. The predicted octanol–water partition coefficient (Wildman–Crippen LogP) is 1.27. The van der Waals surface area contributed by atoms with E-state index in [0.717, 1.165) is 32.1 Å². The van der Waals surface area contributed by atoms with E-state index in [0.29, 0.717) is 0 Å². The average Bonchev–Trinajstić information content (AvgIpc) is 2.30. The summed E-state index contributed by atoms with van der Waals surface area (Å²) in [6, 6.07) is 4.12. The van der Waals surface area contributed by atoms with Crippen LogP contribution >= 0.6 is 0 Å². The summed E-state index contributed by atoms with van der Waals surface area (Å²) in [4.78, 5) is 6.45. The van der Waals surface area contributed by atoms with Crippen molar-refractivity contribution in [3.8, 4) is 0 Å².